The SMILES string of the molecule is CC(C)(C)[Si](C)(C)C(O[P+](=O)O)[C@H]1O[C@@H](n2cnc3c(=O)[nH]c(N)nc32)[C@H](O)[C@@H]1O. The van der Waals surface area contributed by atoms with E-state index < -0.39 is 52.2 Å². The fourth-order valence-electron chi connectivity index (χ4n) is 3.42. The minimum Gasteiger partial charge on any atom is -0.387 e. The van der Waals surface area contributed by atoms with Crippen LogP contribution in [0, 0.1) is 0 Å². The van der Waals surface area contributed by atoms with E-state index in [0.29, 0.717) is 0 Å². The topological polar surface area (TPSA) is 186 Å². The molecule has 1 fully saturated rings. The van der Waals surface area contributed by atoms with Crippen molar-refractivity contribution in [2.45, 2.75) is 69.2 Å². The second kappa shape index (κ2) is 7.75. The third-order valence-corrected chi connectivity index (χ3v) is 12.5. The van der Waals surface area contributed by atoms with Crippen molar-refractivity contribution in [3.05, 3.63) is 16.7 Å². The zero-order chi connectivity index (χ0) is 22.6. The summed E-state index contributed by atoms with van der Waals surface area (Å²) >= 11 is 0. The van der Waals surface area contributed by atoms with Gasteiger partial charge >= 0.3 is 8.25 Å². The molecule has 1 aliphatic rings. The van der Waals surface area contributed by atoms with Gasteiger partial charge in [0.15, 0.2) is 17.4 Å². The fourth-order valence-corrected chi connectivity index (χ4v) is 7.01. The summed E-state index contributed by atoms with van der Waals surface area (Å²) in [7, 11) is -5.48. The first-order valence-corrected chi connectivity index (χ1v) is 13.5. The van der Waals surface area contributed by atoms with Crippen LogP contribution in [-0.4, -0.2) is 66.7 Å². The van der Waals surface area contributed by atoms with Crippen molar-refractivity contribution < 1.29 is 28.9 Å². The van der Waals surface area contributed by atoms with Gasteiger partial charge in [-0.3, -0.25) is 14.3 Å². The van der Waals surface area contributed by atoms with Gasteiger partial charge < -0.3 is 20.7 Å². The first-order valence-electron chi connectivity index (χ1n) is 9.32. The van der Waals surface area contributed by atoms with E-state index in [1.54, 1.807) is 0 Å². The van der Waals surface area contributed by atoms with Crippen LogP contribution in [0.25, 0.3) is 11.2 Å². The molecule has 1 aliphatic heterocycles. The predicted molar refractivity (Wildman–Crippen MR) is 110 cm³/mol. The Morgan fingerprint density at radius 1 is 1.37 bits per heavy atom. The number of nitrogen functional groups attached to an aromatic ring is 1. The third-order valence-electron chi connectivity index (χ3n) is 6.15. The van der Waals surface area contributed by atoms with Crippen LogP contribution in [0.5, 0.6) is 0 Å². The van der Waals surface area contributed by atoms with Crippen molar-refractivity contribution in [2.75, 3.05) is 5.73 Å². The number of nitrogens with two attached hydrogens (primary N) is 1. The zero-order valence-corrected chi connectivity index (χ0v) is 19.2. The molecule has 0 radical (unpaired) electrons. The average Bonchev–Trinajstić information content (AvgIpc) is 3.14. The van der Waals surface area contributed by atoms with E-state index in [-0.39, 0.29) is 22.2 Å². The molecule has 14 heteroatoms. The summed E-state index contributed by atoms with van der Waals surface area (Å²) in [4.78, 5) is 31.8. The van der Waals surface area contributed by atoms with Gasteiger partial charge in [-0.2, -0.15) is 4.98 Å². The number of H-pyrrole nitrogens is 1. The number of nitrogens with one attached hydrogen (secondary N) is 1. The van der Waals surface area contributed by atoms with Gasteiger partial charge in [-0.05, 0) is 5.04 Å². The molecule has 0 amide bonds. The van der Waals surface area contributed by atoms with Crippen molar-refractivity contribution in [1.29, 1.82) is 0 Å². The van der Waals surface area contributed by atoms with Crippen LogP contribution in [-0.2, 0) is 13.8 Å². The van der Waals surface area contributed by atoms with Crippen molar-refractivity contribution in [3.8, 4) is 0 Å². The summed E-state index contributed by atoms with van der Waals surface area (Å²) in [5, 5.41) is 21.2. The Morgan fingerprint density at radius 3 is 2.57 bits per heavy atom. The van der Waals surface area contributed by atoms with Crippen LogP contribution in [0.2, 0.25) is 18.1 Å². The maximum absolute atomic E-state index is 12.0. The minimum atomic E-state index is -2.98. The van der Waals surface area contributed by atoms with Gasteiger partial charge in [0.1, 0.15) is 24.0 Å². The lowest BCUT2D eigenvalue weighted by molar-refractivity contribution is -0.0597. The van der Waals surface area contributed by atoms with Gasteiger partial charge in [0, 0.05) is 4.57 Å². The molecule has 0 spiro atoms. The molecule has 2 unspecified atom stereocenters. The van der Waals surface area contributed by atoms with E-state index in [4.69, 9.17) is 15.0 Å². The lowest BCUT2D eigenvalue weighted by Gasteiger charge is -2.42. The monoisotopic (exact) mass is 460 g/mol. The van der Waals surface area contributed by atoms with Crippen LogP contribution in [0.1, 0.15) is 27.0 Å². The molecular formula is C16H27N5O7PSi+. The van der Waals surface area contributed by atoms with Crippen LogP contribution in [0.15, 0.2) is 11.1 Å². The average molecular weight is 460 g/mol. The Kier molecular flexibility index (Phi) is 5.93. The van der Waals surface area contributed by atoms with Gasteiger partial charge in [0.05, 0.1) is 14.4 Å². The van der Waals surface area contributed by atoms with E-state index in [9.17, 15) is 24.5 Å². The molecule has 2 aromatic rings. The molecule has 0 aliphatic carbocycles. The number of hydrogen-bond acceptors (Lipinski definition) is 9. The Balaban J connectivity index is 2.03. The summed E-state index contributed by atoms with van der Waals surface area (Å²) in [6, 6.07) is 0. The molecule has 6 atom stereocenters. The first-order chi connectivity index (χ1) is 13.8. The lowest BCUT2D eigenvalue weighted by atomic mass is 10.1. The maximum Gasteiger partial charge on any atom is 0.694 e. The van der Waals surface area contributed by atoms with Crippen LogP contribution < -0.4 is 11.3 Å². The van der Waals surface area contributed by atoms with E-state index in [1.807, 2.05) is 33.9 Å². The van der Waals surface area contributed by atoms with Crippen molar-refractivity contribution >= 4 is 33.4 Å². The number of ether oxygens (including phenoxy) is 1. The Morgan fingerprint density at radius 2 is 2.00 bits per heavy atom. The van der Waals surface area contributed by atoms with E-state index in [0.717, 1.165) is 0 Å². The summed E-state index contributed by atoms with van der Waals surface area (Å²) in [6.45, 7) is 9.87. The van der Waals surface area contributed by atoms with Gasteiger partial charge in [-0.25, -0.2) is 4.98 Å². The summed E-state index contributed by atoms with van der Waals surface area (Å²) in [5.74, 6) is -0.140. The van der Waals surface area contributed by atoms with Crippen LogP contribution in [0.4, 0.5) is 5.95 Å². The molecule has 1 saturated heterocycles. The molecule has 0 saturated carbocycles. The largest absolute Gasteiger partial charge is 0.694 e. The number of fused-ring (bicyclic) bond motifs is 1. The maximum atomic E-state index is 12.0. The van der Waals surface area contributed by atoms with Crippen LogP contribution >= 0.6 is 8.25 Å². The summed E-state index contributed by atoms with van der Waals surface area (Å²) < 4.78 is 24.2. The number of nitrogens with zero attached hydrogens (tertiary/aromatic N) is 3. The molecular weight excluding hydrogens is 433 g/mol. The highest BCUT2D eigenvalue weighted by Gasteiger charge is 2.58. The highest BCUT2D eigenvalue weighted by Crippen LogP contribution is 2.46. The molecule has 0 bridgehead atoms. The molecule has 12 nitrogen and oxygen atoms in total. The van der Waals surface area contributed by atoms with Crippen molar-refractivity contribution in [2.24, 2.45) is 0 Å². The second-order valence-electron chi connectivity index (χ2n) is 8.98. The van der Waals surface area contributed by atoms with Gasteiger partial charge in [-0.15, -0.1) is 9.42 Å². The number of rotatable bonds is 5. The number of aliphatic hydroxyl groups excluding tert-OH is 2. The molecule has 6 N–H and O–H groups in total. The predicted octanol–water partition coefficient (Wildman–Crippen LogP) is 0.404. The zero-order valence-electron chi connectivity index (χ0n) is 17.3. The number of aromatic amines is 1. The number of aromatic nitrogens is 4. The van der Waals surface area contributed by atoms with Crippen LogP contribution in [0.3, 0.4) is 0 Å². The fraction of sp³-hybridized carbons (Fsp3) is 0.688. The minimum absolute atomic E-state index is 0.00595. The first kappa shape index (κ1) is 22.9. The van der Waals surface area contributed by atoms with Gasteiger partial charge in [0.25, 0.3) is 5.56 Å². The lowest BCUT2D eigenvalue weighted by Crippen LogP contribution is -2.58. The molecule has 30 heavy (non-hydrogen) atoms. The Bertz CT molecular complexity index is 1020. The Labute approximate surface area is 174 Å². The Hall–Kier alpha value is -1.73. The standard InChI is InChI=1S/C16H26N5O7PSi/c1-16(2,3)30(4,5)14(28-29(25)26)10-8(22)9(23)13(27-10)21-6-18-7-11(21)19-15(17)20-12(7)24/h6,8-10,13-14,22-23H,1-5H3,(H3-,17,19,20,24,25,26)/p+1/t8-,9+,10-,13+,14?/m0/s1. The number of aliphatic hydroxyl groups is 2. The number of hydrogen-bond donors (Lipinski definition) is 5. The van der Waals surface area contributed by atoms with Gasteiger partial charge in [0.2, 0.25) is 5.95 Å². The van der Waals surface area contributed by atoms with E-state index >= 15 is 0 Å². The molecule has 166 valence electrons. The molecule has 3 heterocycles. The second-order valence-corrected chi connectivity index (χ2v) is 15.2. The van der Waals surface area contributed by atoms with Crippen molar-refractivity contribution in [3.63, 3.8) is 0 Å². The molecule has 3 rings (SSSR count). The molecule has 2 aromatic heterocycles. The van der Waals surface area contributed by atoms with Gasteiger partial charge in [-0.1, -0.05) is 33.9 Å². The normalized spacial score (nSPS) is 26.9. The summed E-state index contributed by atoms with van der Waals surface area (Å²) in [6.07, 6.45) is -3.84. The number of anilines is 1. The van der Waals surface area contributed by atoms with E-state index in [1.165, 1.54) is 10.9 Å². The molecule has 0 aromatic carbocycles. The summed E-state index contributed by atoms with van der Waals surface area (Å²) in [5.41, 5.74) is 4.22. The van der Waals surface area contributed by atoms with E-state index in [2.05, 4.69) is 15.0 Å². The highest BCUT2D eigenvalue weighted by molar-refractivity contribution is 7.32. The quantitative estimate of drug-likeness (QED) is 0.309. The smallest absolute Gasteiger partial charge is 0.387 e. The van der Waals surface area contributed by atoms with Crippen molar-refractivity contribution in [1.82, 2.24) is 19.5 Å². The number of imidazole rings is 1. The highest BCUT2D eigenvalue weighted by atomic mass is 31.1. The third kappa shape index (κ3) is 3.82.